The van der Waals surface area contributed by atoms with Crippen molar-refractivity contribution >= 4 is 17.5 Å². The molecule has 1 amide bonds. The minimum atomic E-state index is -0.397. The zero-order chi connectivity index (χ0) is 12.1. The molecule has 2 rings (SSSR count). The fraction of sp³-hybridized carbons (Fsp3) is 0.462. The predicted octanol–water partition coefficient (Wildman–Crippen LogP) is 2.86. The van der Waals surface area contributed by atoms with Crippen molar-refractivity contribution in [2.75, 3.05) is 29.9 Å². The molecule has 1 fully saturated rings. The van der Waals surface area contributed by atoms with E-state index in [1.165, 1.54) is 12.8 Å². The predicted molar refractivity (Wildman–Crippen MR) is 68.5 cm³/mol. The van der Waals surface area contributed by atoms with Crippen LogP contribution in [0.4, 0.5) is 16.2 Å². The average molecular weight is 234 g/mol. The summed E-state index contributed by atoms with van der Waals surface area (Å²) in [4.78, 5) is 13.6. The molecule has 0 radical (unpaired) electrons. The largest absolute Gasteiger partial charge is 0.450 e. The number of amides is 1. The van der Waals surface area contributed by atoms with Crippen LogP contribution in [0.3, 0.4) is 0 Å². The Morgan fingerprint density at radius 1 is 1.41 bits per heavy atom. The molecule has 0 aliphatic carbocycles. The van der Waals surface area contributed by atoms with Crippen LogP contribution < -0.4 is 10.2 Å². The summed E-state index contributed by atoms with van der Waals surface area (Å²) >= 11 is 0. The normalized spacial score (nSPS) is 14.8. The number of nitrogens with one attached hydrogen (secondary N) is 1. The van der Waals surface area contributed by atoms with Crippen molar-refractivity contribution in [3.05, 3.63) is 24.3 Å². The maximum atomic E-state index is 11.3. The highest BCUT2D eigenvalue weighted by atomic mass is 16.5. The third-order valence-electron chi connectivity index (χ3n) is 2.84. The Morgan fingerprint density at radius 3 is 2.88 bits per heavy atom. The molecule has 0 bridgehead atoms. The summed E-state index contributed by atoms with van der Waals surface area (Å²) in [6, 6.07) is 7.88. The lowest BCUT2D eigenvalue weighted by molar-refractivity contribution is 0.168. The highest BCUT2D eigenvalue weighted by molar-refractivity contribution is 5.85. The maximum Gasteiger partial charge on any atom is 0.411 e. The lowest BCUT2D eigenvalue weighted by atomic mass is 10.2. The Bertz CT molecular complexity index is 387. The molecule has 1 aromatic rings. The number of carbonyl (C=O) groups excluding carboxylic acids is 1. The van der Waals surface area contributed by atoms with Crippen LogP contribution in [0.25, 0.3) is 0 Å². The molecule has 17 heavy (non-hydrogen) atoms. The van der Waals surface area contributed by atoms with Crippen molar-refractivity contribution in [1.82, 2.24) is 0 Å². The molecular formula is C13H18N2O2. The molecule has 1 heterocycles. The van der Waals surface area contributed by atoms with Crippen LogP contribution >= 0.6 is 0 Å². The van der Waals surface area contributed by atoms with Gasteiger partial charge in [-0.05, 0) is 38.0 Å². The Balaban J connectivity index is 2.03. The minimum Gasteiger partial charge on any atom is -0.450 e. The third kappa shape index (κ3) is 3.12. The molecule has 1 N–H and O–H groups in total. The first kappa shape index (κ1) is 11.8. The molecule has 1 saturated heterocycles. The van der Waals surface area contributed by atoms with Gasteiger partial charge in [0.05, 0.1) is 6.61 Å². The zero-order valence-corrected chi connectivity index (χ0v) is 10.1. The highest BCUT2D eigenvalue weighted by Gasteiger charge is 2.12. The molecule has 1 aliphatic heterocycles. The second-order valence-electron chi connectivity index (χ2n) is 4.09. The fourth-order valence-electron chi connectivity index (χ4n) is 2.04. The minimum absolute atomic E-state index is 0.387. The van der Waals surface area contributed by atoms with Crippen LogP contribution in [0.5, 0.6) is 0 Å². The number of hydrogen-bond donors (Lipinski definition) is 1. The van der Waals surface area contributed by atoms with E-state index in [2.05, 4.69) is 16.3 Å². The lowest BCUT2D eigenvalue weighted by Gasteiger charge is -2.18. The van der Waals surface area contributed by atoms with E-state index in [9.17, 15) is 4.79 Å². The molecule has 4 nitrogen and oxygen atoms in total. The van der Waals surface area contributed by atoms with Crippen LogP contribution in [0.1, 0.15) is 19.8 Å². The molecule has 0 unspecified atom stereocenters. The van der Waals surface area contributed by atoms with Gasteiger partial charge in [-0.25, -0.2) is 4.79 Å². The SMILES string of the molecule is CCOC(=O)Nc1cccc(N2CCCC2)c1. The summed E-state index contributed by atoms with van der Waals surface area (Å²) < 4.78 is 4.85. The van der Waals surface area contributed by atoms with Gasteiger partial charge in [-0.1, -0.05) is 6.07 Å². The first-order valence-electron chi connectivity index (χ1n) is 6.08. The van der Waals surface area contributed by atoms with Crippen LogP contribution in [0.2, 0.25) is 0 Å². The number of hydrogen-bond acceptors (Lipinski definition) is 3. The molecule has 1 aromatic carbocycles. The monoisotopic (exact) mass is 234 g/mol. The van der Waals surface area contributed by atoms with Gasteiger partial charge in [0.15, 0.2) is 0 Å². The van der Waals surface area contributed by atoms with E-state index < -0.39 is 6.09 Å². The van der Waals surface area contributed by atoms with Crippen molar-refractivity contribution in [2.45, 2.75) is 19.8 Å². The third-order valence-corrected chi connectivity index (χ3v) is 2.84. The van der Waals surface area contributed by atoms with Crippen LogP contribution in [0, 0.1) is 0 Å². The van der Waals surface area contributed by atoms with Gasteiger partial charge >= 0.3 is 6.09 Å². The van der Waals surface area contributed by atoms with Crippen molar-refractivity contribution in [3.8, 4) is 0 Å². The summed E-state index contributed by atoms with van der Waals surface area (Å²) in [5.74, 6) is 0. The smallest absolute Gasteiger partial charge is 0.411 e. The van der Waals surface area contributed by atoms with Gasteiger partial charge in [0.25, 0.3) is 0 Å². The molecular weight excluding hydrogens is 216 g/mol. The number of anilines is 2. The summed E-state index contributed by atoms with van der Waals surface area (Å²) in [6.45, 7) is 4.38. The molecule has 0 spiro atoms. The maximum absolute atomic E-state index is 11.3. The van der Waals surface area contributed by atoms with Crippen molar-refractivity contribution in [1.29, 1.82) is 0 Å². The van der Waals surface area contributed by atoms with E-state index in [1.807, 2.05) is 18.2 Å². The quantitative estimate of drug-likeness (QED) is 0.874. The summed E-state index contributed by atoms with van der Waals surface area (Å²) in [7, 11) is 0. The molecule has 0 aromatic heterocycles. The van der Waals surface area contributed by atoms with Gasteiger partial charge in [0.2, 0.25) is 0 Å². The molecule has 1 aliphatic rings. The Hall–Kier alpha value is -1.71. The second kappa shape index (κ2) is 5.57. The highest BCUT2D eigenvalue weighted by Crippen LogP contribution is 2.23. The average Bonchev–Trinajstić information content (AvgIpc) is 2.83. The van der Waals surface area contributed by atoms with E-state index in [0.717, 1.165) is 24.5 Å². The lowest BCUT2D eigenvalue weighted by Crippen LogP contribution is -2.18. The van der Waals surface area contributed by atoms with E-state index in [-0.39, 0.29) is 0 Å². The molecule has 0 atom stereocenters. The Kier molecular flexibility index (Phi) is 3.85. The van der Waals surface area contributed by atoms with E-state index >= 15 is 0 Å². The van der Waals surface area contributed by atoms with E-state index in [4.69, 9.17) is 4.74 Å². The topological polar surface area (TPSA) is 41.6 Å². The molecule has 4 heteroatoms. The standard InChI is InChI=1S/C13H18N2O2/c1-2-17-13(16)14-11-6-5-7-12(10-11)15-8-3-4-9-15/h5-7,10H,2-4,8-9H2,1H3,(H,14,16). The van der Waals surface area contributed by atoms with Gasteiger partial charge in [0, 0.05) is 24.5 Å². The van der Waals surface area contributed by atoms with E-state index in [0.29, 0.717) is 6.61 Å². The first-order chi connectivity index (χ1) is 8.29. The second-order valence-corrected chi connectivity index (χ2v) is 4.09. The number of rotatable bonds is 3. The van der Waals surface area contributed by atoms with Gasteiger partial charge < -0.3 is 9.64 Å². The first-order valence-corrected chi connectivity index (χ1v) is 6.08. The zero-order valence-electron chi connectivity index (χ0n) is 10.1. The van der Waals surface area contributed by atoms with Gasteiger partial charge in [-0.2, -0.15) is 0 Å². The van der Waals surface area contributed by atoms with Gasteiger partial charge in [-0.3, -0.25) is 5.32 Å². The van der Waals surface area contributed by atoms with Crippen LogP contribution in [-0.2, 0) is 4.74 Å². The van der Waals surface area contributed by atoms with Crippen molar-refractivity contribution < 1.29 is 9.53 Å². The Labute approximate surface area is 102 Å². The number of benzene rings is 1. The summed E-state index contributed by atoms with van der Waals surface area (Å²) in [5, 5.41) is 2.72. The number of ether oxygens (including phenoxy) is 1. The van der Waals surface area contributed by atoms with Crippen molar-refractivity contribution in [2.24, 2.45) is 0 Å². The van der Waals surface area contributed by atoms with Crippen LogP contribution in [0.15, 0.2) is 24.3 Å². The van der Waals surface area contributed by atoms with Crippen LogP contribution in [-0.4, -0.2) is 25.8 Å². The van der Waals surface area contributed by atoms with Gasteiger partial charge in [-0.15, -0.1) is 0 Å². The molecule has 0 saturated carbocycles. The van der Waals surface area contributed by atoms with Crippen molar-refractivity contribution in [3.63, 3.8) is 0 Å². The summed E-state index contributed by atoms with van der Waals surface area (Å²) in [6.07, 6.45) is 2.09. The van der Waals surface area contributed by atoms with Gasteiger partial charge in [0.1, 0.15) is 0 Å². The molecule has 92 valence electrons. The number of carbonyl (C=O) groups is 1. The fourth-order valence-corrected chi connectivity index (χ4v) is 2.04. The summed E-state index contributed by atoms with van der Waals surface area (Å²) in [5.41, 5.74) is 1.95. The van der Waals surface area contributed by atoms with E-state index in [1.54, 1.807) is 6.92 Å². The Morgan fingerprint density at radius 2 is 2.18 bits per heavy atom. The number of nitrogens with zero attached hydrogens (tertiary/aromatic N) is 1.